The molecule has 20 heavy (non-hydrogen) atoms. The Bertz CT molecular complexity index is 650. The maximum atomic E-state index is 13.2. The van der Waals surface area contributed by atoms with Crippen molar-refractivity contribution in [2.75, 3.05) is 0 Å². The van der Waals surface area contributed by atoms with Gasteiger partial charge in [0.05, 0.1) is 5.56 Å². The lowest BCUT2D eigenvalue weighted by Gasteiger charge is -2.10. The highest BCUT2D eigenvalue weighted by Gasteiger charge is 2.08. The largest absolute Gasteiger partial charge is 0.489 e. The summed E-state index contributed by atoms with van der Waals surface area (Å²) in [5, 5.41) is 8.95. The highest BCUT2D eigenvalue weighted by Crippen LogP contribution is 2.19. The van der Waals surface area contributed by atoms with Crippen LogP contribution >= 0.6 is 0 Å². The van der Waals surface area contributed by atoms with E-state index < -0.39 is 5.97 Å². The van der Waals surface area contributed by atoms with Crippen LogP contribution in [0, 0.1) is 19.7 Å². The van der Waals surface area contributed by atoms with Crippen molar-refractivity contribution in [3.63, 3.8) is 0 Å². The first kappa shape index (κ1) is 14.1. The van der Waals surface area contributed by atoms with Gasteiger partial charge >= 0.3 is 5.97 Å². The van der Waals surface area contributed by atoms with Crippen LogP contribution in [0.4, 0.5) is 4.39 Å². The topological polar surface area (TPSA) is 46.5 Å². The molecule has 4 heteroatoms. The minimum absolute atomic E-state index is 0.245. The van der Waals surface area contributed by atoms with Crippen LogP contribution in [-0.4, -0.2) is 11.1 Å². The summed E-state index contributed by atoms with van der Waals surface area (Å²) in [6.45, 7) is 3.84. The van der Waals surface area contributed by atoms with Gasteiger partial charge in [-0.15, -0.1) is 0 Å². The third kappa shape index (κ3) is 3.15. The van der Waals surface area contributed by atoms with E-state index in [1.807, 2.05) is 6.92 Å². The Balaban J connectivity index is 2.13. The lowest BCUT2D eigenvalue weighted by atomic mass is 10.1. The molecule has 104 valence electrons. The first-order chi connectivity index (χ1) is 9.47. The Morgan fingerprint density at radius 3 is 2.55 bits per heavy atom. The molecule has 1 N–H and O–H groups in total. The van der Waals surface area contributed by atoms with E-state index in [2.05, 4.69) is 0 Å². The van der Waals surface area contributed by atoms with E-state index in [1.165, 1.54) is 18.2 Å². The van der Waals surface area contributed by atoms with E-state index in [1.54, 1.807) is 25.1 Å². The molecule has 0 radical (unpaired) electrons. The molecule has 2 aromatic rings. The lowest BCUT2D eigenvalue weighted by molar-refractivity contribution is 0.0696. The van der Waals surface area contributed by atoms with Gasteiger partial charge < -0.3 is 9.84 Å². The monoisotopic (exact) mass is 274 g/mol. The SMILES string of the molecule is Cc1ccc(F)cc1COc1ccc(C(=O)O)c(C)c1. The van der Waals surface area contributed by atoms with Crippen molar-refractivity contribution in [3.8, 4) is 5.75 Å². The van der Waals surface area contributed by atoms with Gasteiger partial charge in [0.15, 0.2) is 0 Å². The second kappa shape index (κ2) is 5.74. The smallest absolute Gasteiger partial charge is 0.335 e. The van der Waals surface area contributed by atoms with Crippen LogP contribution in [0.5, 0.6) is 5.75 Å². The number of halogens is 1. The molecule has 2 rings (SSSR count). The molecule has 0 heterocycles. The van der Waals surface area contributed by atoms with Gasteiger partial charge in [-0.05, 0) is 60.9 Å². The Kier molecular flexibility index (Phi) is 4.03. The summed E-state index contributed by atoms with van der Waals surface area (Å²) < 4.78 is 18.7. The van der Waals surface area contributed by atoms with Crippen LogP contribution < -0.4 is 4.74 Å². The predicted molar refractivity (Wildman–Crippen MR) is 73.6 cm³/mol. The molecule has 0 aromatic heterocycles. The van der Waals surface area contributed by atoms with E-state index >= 15 is 0 Å². The molecule has 0 amide bonds. The molecule has 0 aliphatic rings. The fourth-order valence-electron chi connectivity index (χ4n) is 1.92. The molecule has 0 aliphatic heterocycles. The van der Waals surface area contributed by atoms with E-state index in [0.717, 1.165) is 11.1 Å². The zero-order valence-electron chi connectivity index (χ0n) is 11.3. The van der Waals surface area contributed by atoms with Crippen LogP contribution in [0.2, 0.25) is 0 Å². The maximum absolute atomic E-state index is 13.2. The molecule has 0 unspecified atom stereocenters. The number of carbonyl (C=O) groups is 1. The number of hydrogen-bond acceptors (Lipinski definition) is 2. The standard InChI is InChI=1S/C16H15FO3/c1-10-3-4-13(17)8-12(10)9-20-14-5-6-15(16(18)19)11(2)7-14/h3-8H,9H2,1-2H3,(H,18,19). The number of rotatable bonds is 4. The van der Waals surface area contributed by atoms with Crippen LogP contribution in [0.1, 0.15) is 27.0 Å². The van der Waals surface area contributed by atoms with Crippen molar-refractivity contribution >= 4 is 5.97 Å². The first-order valence-electron chi connectivity index (χ1n) is 6.19. The molecule has 0 aliphatic carbocycles. The second-order valence-electron chi connectivity index (χ2n) is 4.64. The molecule has 2 aromatic carbocycles. The summed E-state index contributed by atoms with van der Waals surface area (Å²) in [4.78, 5) is 10.9. The molecule has 0 fully saturated rings. The van der Waals surface area contributed by atoms with Gasteiger partial charge in [0.2, 0.25) is 0 Å². The van der Waals surface area contributed by atoms with Crippen LogP contribution in [0.15, 0.2) is 36.4 Å². The molecule has 0 atom stereocenters. The highest BCUT2D eigenvalue weighted by atomic mass is 19.1. The number of carboxylic acids is 1. The van der Waals surface area contributed by atoms with Crippen molar-refractivity contribution in [1.29, 1.82) is 0 Å². The van der Waals surface area contributed by atoms with E-state index in [9.17, 15) is 9.18 Å². The third-order valence-electron chi connectivity index (χ3n) is 3.13. The normalized spacial score (nSPS) is 10.3. The van der Waals surface area contributed by atoms with Gasteiger partial charge in [0.1, 0.15) is 18.2 Å². The zero-order chi connectivity index (χ0) is 14.7. The van der Waals surface area contributed by atoms with E-state index in [-0.39, 0.29) is 18.0 Å². The quantitative estimate of drug-likeness (QED) is 0.924. The third-order valence-corrected chi connectivity index (χ3v) is 3.13. The summed E-state index contributed by atoms with van der Waals surface area (Å²) in [7, 11) is 0. The molecule has 0 bridgehead atoms. The minimum Gasteiger partial charge on any atom is -0.489 e. The lowest BCUT2D eigenvalue weighted by Crippen LogP contribution is -2.02. The van der Waals surface area contributed by atoms with E-state index in [4.69, 9.17) is 9.84 Å². The van der Waals surface area contributed by atoms with Crippen molar-refractivity contribution in [2.45, 2.75) is 20.5 Å². The number of aromatic carboxylic acids is 1. The van der Waals surface area contributed by atoms with Crippen LogP contribution in [0.25, 0.3) is 0 Å². The average molecular weight is 274 g/mol. The van der Waals surface area contributed by atoms with Gasteiger partial charge in [-0.25, -0.2) is 9.18 Å². The van der Waals surface area contributed by atoms with Crippen LogP contribution in [0.3, 0.4) is 0 Å². The second-order valence-corrected chi connectivity index (χ2v) is 4.64. The summed E-state index contributed by atoms with van der Waals surface area (Å²) in [6.07, 6.45) is 0. The van der Waals surface area contributed by atoms with Crippen LogP contribution in [-0.2, 0) is 6.61 Å². The summed E-state index contributed by atoms with van der Waals surface area (Å²) in [6, 6.07) is 9.32. The van der Waals surface area contributed by atoms with Gasteiger partial charge in [0, 0.05) is 0 Å². The summed E-state index contributed by atoms with van der Waals surface area (Å²) in [5.41, 5.74) is 2.60. The zero-order valence-corrected chi connectivity index (χ0v) is 11.3. The van der Waals surface area contributed by atoms with Gasteiger partial charge in [0.25, 0.3) is 0 Å². The molecular formula is C16H15FO3. The molecule has 0 spiro atoms. The van der Waals surface area contributed by atoms with Gasteiger partial charge in [-0.1, -0.05) is 6.07 Å². The Labute approximate surface area is 116 Å². The predicted octanol–water partition coefficient (Wildman–Crippen LogP) is 3.72. The average Bonchev–Trinajstić information content (AvgIpc) is 2.39. The Morgan fingerprint density at radius 1 is 1.15 bits per heavy atom. The van der Waals surface area contributed by atoms with Crippen molar-refractivity contribution in [1.82, 2.24) is 0 Å². The minimum atomic E-state index is -0.963. The van der Waals surface area contributed by atoms with Crippen molar-refractivity contribution in [3.05, 3.63) is 64.5 Å². The number of hydrogen-bond donors (Lipinski definition) is 1. The Hall–Kier alpha value is -2.36. The fraction of sp³-hybridized carbons (Fsp3) is 0.188. The van der Waals surface area contributed by atoms with Crippen molar-refractivity contribution in [2.24, 2.45) is 0 Å². The summed E-state index contributed by atoms with van der Waals surface area (Å²) >= 11 is 0. The molecular weight excluding hydrogens is 259 g/mol. The summed E-state index contributed by atoms with van der Waals surface area (Å²) in [5.74, 6) is -0.696. The highest BCUT2D eigenvalue weighted by molar-refractivity contribution is 5.89. The number of ether oxygens (including phenoxy) is 1. The molecule has 0 saturated heterocycles. The first-order valence-corrected chi connectivity index (χ1v) is 6.19. The number of benzene rings is 2. The van der Waals surface area contributed by atoms with Gasteiger partial charge in [-0.2, -0.15) is 0 Å². The number of carboxylic acid groups (broad SMARTS) is 1. The van der Waals surface area contributed by atoms with Crippen molar-refractivity contribution < 1.29 is 19.0 Å². The molecule has 3 nitrogen and oxygen atoms in total. The molecule has 0 saturated carbocycles. The van der Waals surface area contributed by atoms with E-state index in [0.29, 0.717) is 11.3 Å². The Morgan fingerprint density at radius 2 is 1.90 bits per heavy atom. The maximum Gasteiger partial charge on any atom is 0.335 e. The van der Waals surface area contributed by atoms with Gasteiger partial charge in [-0.3, -0.25) is 0 Å². The number of aryl methyl sites for hydroxylation is 2. The fourth-order valence-corrected chi connectivity index (χ4v) is 1.92.